The summed E-state index contributed by atoms with van der Waals surface area (Å²) < 4.78 is -0.899. The largest absolute Gasteiger partial charge is 0.507 e. The lowest BCUT2D eigenvalue weighted by Crippen LogP contribution is -2.26. The fraction of sp³-hybridized carbons (Fsp3) is 0.263. The summed E-state index contributed by atoms with van der Waals surface area (Å²) in [5.41, 5.74) is 1.24. The summed E-state index contributed by atoms with van der Waals surface area (Å²) in [6.45, 7) is 3.32. The molecule has 132 valence electrons. The fourth-order valence-electron chi connectivity index (χ4n) is 2.20. The highest BCUT2D eigenvalue weighted by Gasteiger charge is 2.28. The Morgan fingerprint density at radius 2 is 1.76 bits per heavy atom. The molecule has 0 bridgehead atoms. The number of halogens is 1. The molecule has 0 heterocycles. The molecule has 6 heteroatoms. The van der Waals surface area contributed by atoms with E-state index in [2.05, 4.69) is 0 Å². The number of thioether (sulfide) groups is 1. The summed E-state index contributed by atoms with van der Waals surface area (Å²) in [6.07, 6.45) is 0.802. The van der Waals surface area contributed by atoms with Gasteiger partial charge in [0.15, 0.2) is 5.78 Å². The van der Waals surface area contributed by atoms with E-state index in [0.29, 0.717) is 11.4 Å². The van der Waals surface area contributed by atoms with Gasteiger partial charge in [0.1, 0.15) is 10.5 Å². The SMILES string of the molecule is CC(C)(Sc1ccc(CCC(=O)c2ccc(Cl)cc2O)cc1)C(=O)O. The predicted molar refractivity (Wildman–Crippen MR) is 99.8 cm³/mol. The van der Waals surface area contributed by atoms with Crippen LogP contribution >= 0.6 is 23.4 Å². The number of aromatic hydroxyl groups is 1. The number of carboxylic acid groups (broad SMARTS) is 1. The Kier molecular flexibility index (Phi) is 6.14. The number of aliphatic carboxylic acids is 1. The highest BCUT2D eigenvalue weighted by atomic mass is 35.5. The minimum Gasteiger partial charge on any atom is -0.507 e. The quantitative estimate of drug-likeness (QED) is 0.533. The van der Waals surface area contributed by atoms with E-state index in [0.717, 1.165) is 10.5 Å². The second-order valence-corrected chi connectivity index (χ2v) is 8.28. The summed E-state index contributed by atoms with van der Waals surface area (Å²) in [4.78, 5) is 24.2. The van der Waals surface area contributed by atoms with Crippen LogP contribution in [0.4, 0.5) is 0 Å². The maximum Gasteiger partial charge on any atom is 0.319 e. The van der Waals surface area contributed by atoms with E-state index >= 15 is 0 Å². The first kappa shape index (κ1) is 19.3. The minimum atomic E-state index is -0.899. The molecule has 0 aromatic heterocycles. The molecule has 2 aromatic carbocycles. The first-order valence-corrected chi connectivity index (χ1v) is 8.91. The van der Waals surface area contributed by atoms with Crippen LogP contribution in [0.25, 0.3) is 0 Å². The first-order valence-electron chi connectivity index (χ1n) is 7.72. The molecule has 4 nitrogen and oxygen atoms in total. The van der Waals surface area contributed by atoms with Gasteiger partial charge in [0.05, 0.1) is 5.56 Å². The fourth-order valence-corrected chi connectivity index (χ4v) is 3.31. The number of hydrogen-bond acceptors (Lipinski definition) is 4. The van der Waals surface area contributed by atoms with Crippen molar-refractivity contribution in [2.45, 2.75) is 36.3 Å². The Morgan fingerprint density at radius 3 is 2.32 bits per heavy atom. The second-order valence-electron chi connectivity index (χ2n) is 6.15. The van der Waals surface area contributed by atoms with Crippen molar-refractivity contribution >= 4 is 35.1 Å². The van der Waals surface area contributed by atoms with Crippen LogP contribution in [-0.2, 0) is 11.2 Å². The van der Waals surface area contributed by atoms with E-state index in [1.807, 2.05) is 24.3 Å². The molecule has 0 aliphatic rings. The molecule has 0 aliphatic carbocycles. The molecular formula is C19H19ClO4S. The van der Waals surface area contributed by atoms with Crippen LogP contribution in [-0.4, -0.2) is 26.7 Å². The van der Waals surface area contributed by atoms with Gasteiger partial charge in [-0.05, 0) is 56.2 Å². The first-order chi connectivity index (χ1) is 11.7. The number of aryl methyl sites for hydroxylation is 1. The van der Waals surface area contributed by atoms with Crippen molar-refractivity contribution < 1.29 is 19.8 Å². The van der Waals surface area contributed by atoms with E-state index < -0.39 is 10.7 Å². The number of benzene rings is 2. The smallest absolute Gasteiger partial charge is 0.319 e. The molecule has 0 aliphatic heterocycles. The molecular weight excluding hydrogens is 360 g/mol. The van der Waals surface area contributed by atoms with Crippen LogP contribution in [0.15, 0.2) is 47.4 Å². The number of carbonyl (C=O) groups is 2. The van der Waals surface area contributed by atoms with Crippen LogP contribution < -0.4 is 0 Å². The van der Waals surface area contributed by atoms with Gasteiger partial charge in [-0.1, -0.05) is 23.7 Å². The van der Waals surface area contributed by atoms with Crippen LogP contribution in [0.5, 0.6) is 5.75 Å². The van der Waals surface area contributed by atoms with E-state index in [1.165, 1.54) is 23.9 Å². The van der Waals surface area contributed by atoms with Crippen LogP contribution in [0, 0.1) is 0 Å². The average molecular weight is 379 g/mol. The van der Waals surface area contributed by atoms with E-state index in [9.17, 15) is 14.7 Å². The van der Waals surface area contributed by atoms with Crippen molar-refractivity contribution in [1.29, 1.82) is 0 Å². The zero-order chi connectivity index (χ0) is 18.6. The van der Waals surface area contributed by atoms with Crippen LogP contribution in [0.3, 0.4) is 0 Å². The van der Waals surface area contributed by atoms with Gasteiger partial charge >= 0.3 is 5.97 Å². The van der Waals surface area contributed by atoms with Crippen molar-refractivity contribution in [2.75, 3.05) is 0 Å². The number of ketones is 1. The zero-order valence-corrected chi connectivity index (χ0v) is 15.5. The van der Waals surface area contributed by atoms with E-state index in [-0.39, 0.29) is 23.5 Å². The minimum absolute atomic E-state index is 0.111. The van der Waals surface area contributed by atoms with Gasteiger partial charge < -0.3 is 10.2 Å². The second kappa shape index (κ2) is 7.93. The third-order valence-electron chi connectivity index (χ3n) is 3.71. The predicted octanol–water partition coefficient (Wildman–Crippen LogP) is 4.82. The maximum atomic E-state index is 12.2. The monoisotopic (exact) mass is 378 g/mol. The number of phenolic OH excluding ortho intramolecular Hbond substituents is 1. The molecule has 25 heavy (non-hydrogen) atoms. The molecule has 2 rings (SSSR count). The normalized spacial score (nSPS) is 11.3. The molecule has 0 unspecified atom stereocenters. The number of hydrogen-bond donors (Lipinski definition) is 2. The standard InChI is InChI=1S/C19H19ClO4S/c1-19(2,18(23)24)25-14-7-3-12(4-8-14)5-10-16(21)15-9-6-13(20)11-17(15)22/h3-4,6-9,11,22H,5,10H2,1-2H3,(H,23,24). The van der Waals surface area contributed by atoms with Gasteiger partial charge in [-0.15, -0.1) is 11.8 Å². The number of Topliss-reactive ketones (excluding diaryl/α,β-unsaturated/α-hetero) is 1. The molecule has 0 saturated heterocycles. The summed E-state index contributed by atoms with van der Waals surface area (Å²) >= 11 is 7.04. The summed E-state index contributed by atoms with van der Waals surface area (Å²) in [5.74, 6) is -1.13. The van der Waals surface area contributed by atoms with Crippen molar-refractivity contribution in [2.24, 2.45) is 0 Å². The van der Waals surface area contributed by atoms with Crippen molar-refractivity contribution in [1.82, 2.24) is 0 Å². The number of carbonyl (C=O) groups excluding carboxylic acids is 1. The van der Waals surface area contributed by atoms with E-state index in [1.54, 1.807) is 19.9 Å². The van der Waals surface area contributed by atoms with Gasteiger partial charge in [0, 0.05) is 16.3 Å². The molecule has 0 spiro atoms. The van der Waals surface area contributed by atoms with Crippen molar-refractivity contribution in [3.8, 4) is 5.75 Å². The third kappa shape index (κ3) is 5.25. The lowest BCUT2D eigenvalue weighted by Gasteiger charge is -2.18. The summed E-state index contributed by atoms with van der Waals surface area (Å²) in [5, 5.41) is 19.3. The third-order valence-corrected chi connectivity index (χ3v) is 5.14. The van der Waals surface area contributed by atoms with Crippen molar-refractivity contribution in [3.05, 3.63) is 58.6 Å². The highest BCUT2D eigenvalue weighted by molar-refractivity contribution is 8.01. The Bertz CT molecular complexity index is 785. The molecule has 0 radical (unpaired) electrons. The number of rotatable bonds is 7. The molecule has 0 atom stereocenters. The maximum absolute atomic E-state index is 12.2. The van der Waals surface area contributed by atoms with Gasteiger partial charge in [0.2, 0.25) is 0 Å². The van der Waals surface area contributed by atoms with Gasteiger partial charge in [-0.25, -0.2) is 0 Å². The lowest BCUT2D eigenvalue weighted by molar-refractivity contribution is -0.138. The number of phenols is 1. The van der Waals surface area contributed by atoms with Crippen LogP contribution in [0.1, 0.15) is 36.2 Å². The highest BCUT2D eigenvalue weighted by Crippen LogP contribution is 2.32. The van der Waals surface area contributed by atoms with Crippen molar-refractivity contribution in [3.63, 3.8) is 0 Å². The Balaban J connectivity index is 1.97. The molecule has 0 fully saturated rings. The summed E-state index contributed by atoms with van der Waals surface area (Å²) in [7, 11) is 0. The van der Waals surface area contributed by atoms with E-state index in [4.69, 9.17) is 16.7 Å². The van der Waals surface area contributed by atoms with Gasteiger partial charge in [-0.2, -0.15) is 0 Å². The zero-order valence-electron chi connectivity index (χ0n) is 14.0. The van der Waals surface area contributed by atoms with Gasteiger partial charge in [-0.3, -0.25) is 9.59 Å². The lowest BCUT2D eigenvalue weighted by atomic mass is 10.0. The molecule has 0 amide bonds. The Hall–Kier alpha value is -1.98. The van der Waals surface area contributed by atoms with Crippen LogP contribution in [0.2, 0.25) is 5.02 Å². The van der Waals surface area contributed by atoms with Gasteiger partial charge in [0.25, 0.3) is 0 Å². The molecule has 2 aromatic rings. The average Bonchev–Trinajstić information content (AvgIpc) is 2.53. The summed E-state index contributed by atoms with van der Waals surface area (Å²) in [6, 6.07) is 11.9. The number of carboxylic acids is 1. The molecule has 0 saturated carbocycles. The molecule has 2 N–H and O–H groups in total. The topological polar surface area (TPSA) is 74.6 Å². The Labute approximate surface area is 155 Å². The Morgan fingerprint density at radius 1 is 1.12 bits per heavy atom.